The summed E-state index contributed by atoms with van der Waals surface area (Å²) >= 11 is 0. The fraction of sp³-hybridized carbons (Fsp3) is 0.439. The molecule has 2 aromatic heterocycles. The summed E-state index contributed by atoms with van der Waals surface area (Å²) in [7, 11) is 1.56. The van der Waals surface area contributed by atoms with Crippen LogP contribution in [0.1, 0.15) is 67.6 Å². The van der Waals surface area contributed by atoms with Gasteiger partial charge in [0.1, 0.15) is 11.8 Å². The van der Waals surface area contributed by atoms with Crippen molar-refractivity contribution >= 4 is 34.2 Å². The second kappa shape index (κ2) is 16.4. The van der Waals surface area contributed by atoms with Gasteiger partial charge in [-0.1, -0.05) is 18.2 Å². The zero-order chi connectivity index (χ0) is 41.4. The number of imide groups is 1. The molecule has 11 nitrogen and oxygen atoms in total. The lowest BCUT2D eigenvalue weighted by molar-refractivity contribution is -0.275. The number of likely N-dealkylation sites (tertiary alicyclic amines) is 2. The van der Waals surface area contributed by atoms with Crippen molar-refractivity contribution in [2.24, 2.45) is 13.0 Å². The average Bonchev–Trinajstić information content (AvgIpc) is 3.18. The van der Waals surface area contributed by atoms with E-state index in [0.29, 0.717) is 79.3 Å². The topological polar surface area (TPSA) is 126 Å². The van der Waals surface area contributed by atoms with Crippen molar-refractivity contribution in [1.29, 1.82) is 0 Å². The molecule has 0 spiro atoms. The Bertz CT molecular complexity index is 2260. The minimum atomic E-state index is -4.94. The highest BCUT2D eigenvalue weighted by atomic mass is 19.4. The Balaban J connectivity index is 0.941. The molecule has 0 bridgehead atoms. The number of pyridine rings is 2. The second-order valence-electron chi connectivity index (χ2n) is 15.3. The van der Waals surface area contributed by atoms with Gasteiger partial charge in [-0.3, -0.25) is 34.4 Å². The van der Waals surface area contributed by atoms with Crippen LogP contribution in [0, 0.1) is 5.92 Å². The molecule has 2 aromatic carbocycles. The van der Waals surface area contributed by atoms with Crippen LogP contribution in [-0.4, -0.2) is 75.7 Å². The van der Waals surface area contributed by atoms with E-state index >= 15 is 0 Å². The Labute approximate surface area is 329 Å². The molecule has 1 unspecified atom stereocenters. The largest absolute Gasteiger partial charge is 0.573 e. The molecule has 3 amide bonds. The van der Waals surface area contributed by atoms with Gasteiger partial charge in [0.25, 0.3) is 5.56 Å². The average molecular weight is 813 g/mol. The Morgan fingerprint density at radius 1 is 0.914 bits per heavy atom. The number of amides is 3. The quantitative estimate of drug-likeness (QED) is 0.141. The van der Waals surface area contributed by atoms with E-state index in [2.05, 4.69) is 20.4 Å². The van der Waals surface area contributed by atoms with Gasteiger partial charge in [0.2, 0.25) is 17.7 Å². The van der Waals surface area contributed by atoms with Crippen molar-refractivity contribution in [2.75, 3.05) is 31.5 Å². The van der Waals surface area contributed by atoms with Crippen molar-refractivity contribution in [2.45, 2.75) is 76.0 Å². The van der Waals surface area contributed by atoms with Gasteiger partial charge < -0.3 is 19.5 Å². The van der Waals surface area contributed by atoms with Gasteiger partial charge in [-0.05, 0) is 97.8 Å². The lowest BCUT2D eigenvalue weighted by atomic mass is 9.85. The summed E-state index contributed by atoms with van der Waals surface area (Å²) in [6.45, 7) is 1.88. The number of nitrogens with one attached hydrogen (secondary N) is 2. The Hall–Kier alpha value is -5.45. The molecular formula is C41H42F6N6O5. The monoisotopic (exact) mass is 812 g/mol. The van der Waals surface area contributed by atoms with Gasteiger partial charge in [-0.2, -0.15) is 13.2 Å². The maximum atomic E-state index is 14.3. The van der Waals surface area contributed by atoms with Crippen molar-refractivity contribution in [1.82, 2.24) is 24.7 Å². The standard InChI is InChI=1S/C41H42F6N6O5/c1-51-23-32(30-8-13-48-21-31(30)39(51)57)26-2-3-27(35(19-26)58-41(45,46)47)22-52-14-9-24(10-15-52)18-37(55)53-16-11-25(12-17-53)29-5-4-28(20-33(29)40(42,43)44)49-34-6-7-36(54)50-38(34)56/h2-5,8,13,19-21,23-25,34,49H,6-7,9-12,14-18,22H2,1H3,(H,50,54,56). The zero-order valence-corrected chi connectivity index (χ0v) is 31.6. The van der Waals surface area contributed by atoms with Crippen LogP contribution >= 0.6 is 0 Å². The molecule has 1 atom stereocenters. The highest BCUT2D eigenvalue weighted by Crippen LogP contribution is 2.41. The molecular weight excluding hydrogens is 770 g/mol. The van der Waals surface area contributed by atoms with Crippen LogP contribution in [0.15, 0.2) is 65.8 Å². The van der Waals surface area contributed by atoms with Crippen LogP contribution < -0.4 is 20.9 Å². The molecule has 0 radical (unpaired) electrons. The number of anilines is 1. The molecule has 4 aromatic rings. The van der Waals surface area contributed by atoms with Crippen molar-refractivity contribution < 1.29 is 45.5 Å². The highest BCUT2D eigenvalue weighted by Gasteiger charge is 2.38. The molecule has 0 saturated carbocycles. The van der Waals surface area contributed by atoms with Crippen LogP contribution in [0.5, 0.6) is 5.75 Å². The van der Waals surface area contributed by atoms with E-state index in [1.165, 1.54) is 35.2 Å². The van der Waals surface area contributed by atoms with Gasteiger partial charge in [-0.15, -0.1) is 13.2 Å². The lowest BCUT2D eigenvalue weighted by Gasteiger charge is -2.36. The normalized spacial score (nSPS) is 19.0. The van der Waals surface area contributed by atoms with Gasteiger partial charge in [-0.25, -0.2) is 0 Å². The number of carbonyl (C=O) groups excluding carboxylic acids is 3. The number of halogens is 6. The fourth-order valence-corrected chi connectivity index (χ4v) is 8.30. The molecule has 2 N–H and O–H groups in total. The molecule has 3 aliphatic rings. The van der Waals surface area contributed by atoms with E-state index in [1.807, 2.05) is 4.90 Å². The van der Waals surface area contributed by atoms with Gasteiger partial charge in [0, 0.05) is 74.9 Å². The molecule has 7 rings (SSSR count). The van der Waals surface area contributed by atoms with Crippen molar-refractivity contribution in [3.63, 3.8) is 0 Å². The first-order valence-electron chi connectivity index (χ1n) is 19.2. The third-order valence-electron chi connectivity index (χ3n) is 11.4. The number of benzene rings is 2. The number of hydrogen-bond donors (Lipinski definition) is 2. The first-order valence-corrected chi connectivity index (χ1v) is 19.2. The number of aromatic nitrogens is 2. The third kappa shape index (κ3) is 9.30. The number of nitrogens with zero attached hydrogens (tertiary/aromatic N) is 4. The molecule has 3 saturated heterocycles. The zero-order valence-electron chi connectivity index (χ0n) is 31.6. The highest BCUT2D eigenvalue weighted by molar-refractivity contribution is 6.01. The number of fused-ring (bicyclic) bond motifs is 1. The molecule has 3 aliphatic heterocycles. The minimum Gasteiger partial charge on any atom is -0.405 e. The van der Waals surface area contributed by atoms with Crippen LogP contribution in [0.4, 0.5) is 32.0 Å². The summed E-state index contributed by atoms with van der Waals surface area (Å²) in [6.07, 6.45) is -2.56. The van der Waals surface area contributed by atoms with E-state index < -0.39 is 41.9 Å². The Morgan fingerprint density at radius 3 is 2.34 bits per heavy atom. The smallest absolute Gasteiger partial charge is 0.405 e. The number of piperidine rings is 3. The fourth-order valence-electron chi connectivity index (χ4n) is 8.30. The third-order valence-corrected chi connectivity index (χ3v) is 11.4. The van der Waals surface area contributed by atoms with Crippen LogP contribution in [-0.2, 0) is 34.2 Å². The summed E-state index contributed by atoms with van der Waals surface area (Å²) < 4.78 is 89.5. The number of carbonyl (C=O) groups is 3. The van der Waals surface area contributed by atoms with Crippen LogP contribution in [0.2, 0.25) is 0 Å². The summed E-state index contributed by atoms with van der Waals surface area (Å²) in [5.41, 5.74) is 0.506. The summed E-state index contributed by atoms with van der Waals surface area (Å²) in [6, 6.07) is 9.37. The molecule has 58 heavy (non-hydrogen) atoms. The number of aryl methyl sites for hydroxylation is 1. The lowest BCUT2D eigenvalue weighted by Crippen LogP contribution is -2.47. The Kier molecular flexibility index (Phi) is 11.5. The van der Waals surface area contributed by atoms with E-state index in [-0.39, 0.29) is 60.2 Å². The maximum Gasteiger partial charge on any atom is 0.573 e. The molecule has 17 heteroatoms. The van der Waals surface area contributed by atoms with E-state index in [0.717, 1.165) is 6.07 Å². The van der Waals surface area contributed by atoms with Crippen LogP contribution in [0.3, 0.4) is 0 Å². The number of rotatable bonds is 9. The van der Waals surface area contributed by atoms with Gasteiger partial charge in [0.15, 0.2) is 0 Å². The summed E-state index contributed by atoms with van der Waals surface area (Å²) in [5.74, 6) is -1.80. The first-order chi connectivity index (χ1) is 27.5. The van der Waals surface area contributed by atoms with E-state index in [9.17, 15) is 45.5 Å². The number of alkyl halides is 6. The SMILES string of the molecule is Cn1cc(-c2ccc(CN3CCC(CC(=O)N4CCC(c5ccc(NC6CCC(=O)NC6=O)cc5C(F)(F)F)CC4)CC3)c(OC(F)(F)F)c2)c2ccncc2c1=O. The van der Waals surface area contributed by atoms with Crippen LogP contribution in [0.25, 0.3) is 21.9 Å². The molecule has 5 heterocycles. The predicted octanol–water partition coefficient (Wildman–Crippen LogP) is 6.74. The van der Waals surface area contributed by atoms with E-state index in [4.69, 9.17) is 0 Å². The molecule has 3 fully saturated rings. The Morgan fingerprint density at radius 2 is 1.66 bits per heavy atom. The van der Waals surface area contributed by atoms with Gasteiger partial charge in [0.05, 0.1) is 10.9 Å². The summed E-state index contributed by atoms with van der Waals surface area (Å²) in [5, 5.41) is 5.89. The maximum absolute atomic E-state index is 14.3. The predicted molar refractivity (Wildman–Crippen MR) is 202 cm³/mol. The minimum absolute atomic E-state index is 0.0449. The molecule has 308 valence electrons. The number of hydrogen-bond acceptors (Lipinski definition) is 8. The van der Waals surface area contributed by atoms with Crippen molar-refractivity contribution in [3.05, 3.63) is 88.1 Å². The van der Waals surface area contributed by atoms with E-state index in [1.54, 1.807) is 36.3 Å². The number of ether oxygens (including phenoxy) is 1. The summed E-state index contributed by atoms with van der Waals surface area (Å²) in [4.78, 5) is 57.3. The first kappa shape index (κ1) is 40.7. The molecule has 0 aliphatic carbocycles. The van der Waals surface area contributed by atoms with Crippen molar-refractivity contribution in [3.8, 4) is 16.9 Å². The second-order valence-corrected chi connectivity index (χ2v) is 15.3. The van der Waals surface area contributed by atoms with Gasteiger partial charge >= 0.3 is 12.5 Å².